The van der Waals surface area contributed by atoms with Gasteiger partial charge in [-0.25, -0.2) is 8.42 Å². The van der Waals surface area contributed by atoms with Crippen LogP contribution in [0.1, 0.15) is 15.9 Å². The summed E-state index contributed by atoms with van der Waals surface area (Å²) in [6.45, 7) is -0.253. The molecule has 0 aliphatic heterocycles. The Morgan fingerprint density at radius 3 is 2.27 bits per heavy atom. The number of halogens is 1. The van der Waals surface area contributed by atoms with Gasteiger partial charge in [-0.1, -0.05) is 48.0 Å². The zero-order valence-electron chi connectivity index (χ0n) is 19.5. The summed E-state index contributed by atoms with van der Waals surface area (Å²) in [5.41, 5.74) is 1.64. The van der Waals surface area contributed by atoms with Crippen molar-refractivity contribution in [3.8, 4) is 0 Å². The highest BCUT2D eigenvalue weighted by Gasteiger charge is 2.27. The van der Waals surface area contributed by atoms with Crippen LogP contribution in [0.15, 0.2) is 108 Å². The Hall–Kier alpha value is -4.21. The van der Waals surface area contributed by atoms with Crippen molar-refractivity contribution < 1.29 is 18.0 Å². The fraction of sp³-hybridized carbons (Fsp3) is 0.0741. The number of hydrogen-bond acceptors (Lipinski definition) is 5. The number of benzene rings is 3. The predicted molar refractivity (Wildman–Crippen MR) is 143 cm³/mol. The zero-order chi connectivity index (χ0) is 26.3. The molecule has 10 heteroatoms. The van der Waals surface area contributed by atoms with Gasteiger partial charge >= 0.3 is 0 Å². The van der Waals surface area contributed by atoms with Crippen LogP contribution in [0.2, 0.25) is 5.02 Å². The van der Waals surface area contributed by atoms with E-state index in [1.54, 1.807) is 73.1 Å². The maximum absolute atomic E-state index is 13.5. The van der Waals surface area contributed by atoms with Crippen molar-refractivity contribution in [2.75, 3.05) is 16.2 Å². The van der Waals surface area contributed by atoms with Crippen molar-refractivity contribution in [2.24, 2.45) is 0 Å². The van der Waals surface area contributed by atoms with Crippen LogP contribution in [-0.4, -0.2) is 31.8 Å². The minimum Gasteiger partial charge on any atom is -0.348 e. The van der Waals surface area contributed by atoms with Gasteiger partial charge in [0.25, 0.3) is 15.9 Å². The van der Waals surface area contributed by atoms with E-state index in [0.717, 1.165) is 9.87 Å². The molecule has 0 bridgehead atoms. The largest absolute Gasteiger partial charge is 0.348 e. The first-order valence-corrected chi connectivity index (χ1v) is 13.1. The first-order chi connectivity index (χ1) is 17.8. The van der Waals surface area contributed by atoms with E-state index >= 15 is 0 Å². The second-order valence-corrected chi connectivity index (χ2v) is 10.2. The minimum absolute atomic E-state index is 0.0104. The Morgan fingerprint density at radius 1 is 0.865 bits per heavy atom. The normalized spacial score (nSPS) is 10.9. The van der Waals surface area contributed by atoms with Gasteiger partial charge in [-0.15, -0.1) is 0 Å². The summed E-state index contributed by atoms with van der Waals surface area (Å²) in [6, 6.07) is 24.1. The lowest BCUT2D eigenvalue weighted by molar-refractivity contribution is -0.114. The molecular formula is C27H23ClN4O4S. The Bertz CT molecular complexity index is 1480. The molecule has 0 radical (unpaired) electrons. The summed E-state index contributed by atoms with van der Waals surface area (Å²) in [4.78, 5) is 30.0. The van der Waals surface area contributed by atoms with Gasteiger partial charge in [0, 0.05) is 24.0 Å². The lowest BCUT2D eigenvalue weighted by Gasteiger charge is -2.24. The molecule has 2 N–H and O–H groups in total. The van der Waals surface area contributed by atoms with Gasteiger partial charge in [-0.05, 0) is 60.2 Å². The van der Waals surface area contributed by atoms with Gasteiger partial charge in [0.15, 0.2) is 0 Å². The van der Waals surface area contributed by atoms with Crippen molar-refractivity contribution in [3.05, 3.63) is 120 Å². The van der Waals surface area contributed by atoms with Crippen molar-refractivity contribution >= 4 is 44.8 Å². The first kappa shape index (κ1) is 25.9. The van der Waals surface area contributed by atoms with Gasteiger partial charge in [0.2, 0.25) is 5.91 Å². The Morgan fingerprint density at radius 2 is 1.57 bits per heavy atom. The number of para-hydroxylation sites is 2. The van der Waals surface area contributed by atoms with E-state index in [9.17, 15) is 18.0 Å². The molecule has 188 valence electrons. The highest BCUT2D eigenvalue weighted by Crippen LogP contribution is 2.25. The molecule has 8 nitrogen and oxygen atoms in total. The molecule has 4 aromatic rings. The zero-order valence-corrected chi connectivity index (χ0v) is 21.1. The maximum Gasteiger partial charge on any atom is 0.264 e. The first-order valence-electron chi connectivity index (χ1n) is 11.2. The molecule has 0 unspecified atom stereocenters. The molecule has 0 aliphatic carbocycles. The predicted octanol–water partition coefficient (Wildman–Crippen LogP) is 4.50. The van der Waals surface area contributed by atoms with Crippen molar-refractivity contribution in [1.82, 2.24) is 10.3 Å². The Kier molecular flexibility index (Phi) is 8.17. The lowest BCUT2D eigenvalue weighted by Crippen LogP contribution is -2.38. The average molecular weight is 535 g/mol. The number of rotatable bonds is 9. The third-order valence-electron chi connectivity index (χ3n) is 5.35. The molecular weight excluding hydrogens is 512 g/mol. The van der Waals surface area contributed by atoms with Crippen LogP contribution in [0.3, 0.4) is 0 Å². The number of anilines is 2. The van der Waals surface area contributed by atoms with Crippen LogP contribution in [-0.2, 0) is 21.4 Å². The number of amides is 2. The highest BCUT2D eigenvalue weighted by atomic mass is 35.5. The lowest BCUT2D eigenvalue weighted by atomic mass is 10.1. The number of carbonyl (C=O) groups excluding carboxylic acids is 2. The SMILES string of the molecule is O=C(CN(c1ccccc1)S(=O)(=O)c1ccc(Cl)cc1)Nc1ccccc1C(=O)NCc1cccnc1. The summed E-state index contributed by atoms with van der Waals surface area (Å²) in [5, 5.41) is 5.87. The standard InChI is InChI=1S/C27H23ClN4O4S/c28-21-12-14-23(15-13-21)37(35,36)32(22-8-2-1-3-9-22)19-26(33)31-25-11-5-4-10-24(25)27(34)30-18-20-7-6-16-29-17-20/h1-17H,18-19H2,(H,30,34)(H,31,33). The number of hydrogen-bond donors (Lipinski definition) is 2. The second kappa shape index (κ2) is 11.7. The van der Waals surface area contributed by atoms with Gasteiger partial charge in [0.1, 0.15) is 6.54 Å². The molecule has 0 fully saturated rings. The fourth-order valence-corrected chi connectivity index (χ4v) is 5.08. The molecule has 2 amide bonds. The van der Waals surface area contributed by atoms with Gasteiger partial charge in [0.05, 0.1) is 21.8 Å². The molecule has 1 heterocycles. The van der Waals surface area contributed by atoms with E-state index in [1.807, 2.05) is 6.07 Å². The highest BCUT2D eigenvalue weighted by molar-refractivity contribution is 7.92. The third-order valence-corrected chi connectivity index (χ3v) is 7.39. The van der Waals surface area contributed by atoms with E-state index in [2.05, 4.69) is 15.6 Å². The quantitative estimate of drug-likeness (QED) is 0.329. The number of sulfonamides is 1. The summed E-state index contributed by atoms with van der Waals surface area (Å²) in [5.74, 6) is -1.01. The van der Waals surface area contributed by atoms with Crippen LogP contribution in [0, 0.1) is 0 Å². The number of carbonyl (C=O) groups is 2. The van der Waals surface area contributed by atoms with E-state index in [1.165, 1.54) is 24.3 Å². The fourth-order valence-electron chi connectivity index (χ4n) is 3.53. The molecule has 3 aromatic carbocycles. The molecule has 0 saturated carbocycles. The topological polar surface area (TPSA) is 108 Å². The van der Waals surface area contributed by atoms with E-state index < -0.39 is 28.4 Å². The number of nitrogens with one attached hydrogen (secondary N) is 2. The van der Waals surface area contributed by atoms with Crippen molar-refractivity contribution in [2.45, 2.75) is 11.4 Å². The summed E-state index contributed by atoms with van der Waals surface area (Å²) >= 11 is 5.92. The summed E-state index contributed by atoms with van der Waals surface area (Å²) in [7, 11) is -4.10. The van der Waals surface area contributed by atoms with E-state index in [4.69, 9.17) is 11.6 Å². The van der Waals surface area contributed by atoms with Crippen LogP contribution >= 0.6 is 11.6 Å². The van der Waals surface area contributed by atoms with Crippen LogP contribution in [0.5, 0.6) is 0 Å². The molecule has 1 aromatic heterocycles. The molecule has 0 spiro atoms. The summed E-state index contributed by atoms with van der Waals surface area (Å²) < 4.78 is 27.9. The smallest absolute Gasteiger partial charge is 0.264 e. The van der Waals surface area contributed by atoms with Crippen LogP contribution in [0.25, 0.3) is 0 Å². The van der Waals surface area contributed by atoms with Gasteiger partial charge in [-0.3, -0.25) is 18.9 Å². The molecule has 0 aliphatic rings. The number of nitrogens with zero attached hydrogens (tertiary/aromatic N) is 2. The van der Waals surface area contributed by atoms with Crippen molar-refractivity contribution in [3.63, 3.8) is 0 Å². The van der Waals surface area contributed by atoms with Gasteiger partial charge < -0.3 is 10.6 Å². The number of aromatic nitrogens is 1. The average Bonchev–Trinajstić information content (AvgIpc) is 2.92. The molecule has 0 saturated heterocycles. The molecule has 37 heavy (non-hydrogen) atoms. The van der Waals surface area contributed by atoms with Crippen LogP contribution in [0.4, 0.5) is 11.4 Å². The summed E-state index contributed by atoms with van der Waals surface area (Å²) in [6.07, 6.45) is 3.29. The number of pyridine rings is 1. The molecule has 4 rings (SSSR count). The van der Waals surface area contributed by atoms with Crippen molar-refractivity contribution in [1.29, 1.82) is 0 Å². The van der Waals surface area contributed by atoms with E-state index in [0.29, 0.717) is 10.7 Å². The monoisotopic (exact) mass is 534 g/mol. The van der Waals surface area contributed by atoms with Gasteiger partial charge in [-0.2, -0.15) is 0 Å². The third kappa shape index (κ3) is 6.52. The minimum atomic E-state index is -4.10. The maximum atomic E-state index is 13.5. The van der Waals surface area contributed by atoms with Crippen LogP contribution < -0.4 is 14.9 Å². The Labute approximate surface area is 220 Å². The second-order valence-electron chi connectivity index (χ2n) is 7.94. The Balaban J connectivity index is 1.54. The van der Waals surface area contributed by atoms with E-state index in [-0.39, 0.29) is 22.7 Å². The molecule has 0 atom stereocenters.